The van der Waals surface area contributed by atoms with Crippen molar-refractivity contribution in [3.8, 4) is 0 Å². The Bertz CT molecular complexity index is 214. The third kappa shape index (κ3) is 3.90. The first-order valence-corrected chi connectivity index (χ1v) is 5.04. The van der Waals surface area contributed by atoms with Crippen LogP contribution in [0.5, 0.6) is 0 Å². The van der Waals surface area contributed by atoms with Crippen molar-refractivity contribution in [2.24, 2.45) is 0 Å². The van der Waals surface area contributed by atoms with E-state index in [9.17, 15) is 0 Å². The summed E-state index contributed by atoms with van der Waals surface area (Å²) < 4.78 is 5.01. The van der Waals surface area contributed by atoms with Gasteiger partial charge in [0.25, 0.3) is 0 Å². The molecule has 0 saturated carbocycles. The Balaban J connectivity index is 2.42. The molecule has 14 heavy (non-hydrogen) atoms. The van der Waals surface area contributed by atoms with Crippen molar-refractivity contribution in [2.75, 3.05) is 20.3 Å². The molecule has 78 valence electrons. The Morgan fingerprint density at radius 1 is 1.07 bits per heavy atom. The van der Waals surface area contributed by atoms with Crippen LogP contribution >= 0.6 is 0 Å². The lowest BCUT2D eigenvalue weighted by molar-refractivity contribution is 0.202. The monoisotopic (exact) mass is 194 g/mol. The van der Waals surface area contributed by atoms with Crippen LogP contribution in [0, 0.1) is 0 Å². The van der Waals surface area contributed by atoms with Gasteiger partial charge in [-0.15, -0.1) is 0 Å². The molecule has 0 bridgehead atoms. The zero-order chi connectivity index (χ0) is 10.2. The normalized spacial score (nSPS) is 10.4. The predicted molar refractivity (Wildman–Crippen MR) is 57.4 cm³/mol. The predicted octanol–water partition coefficient (Wildman–Crippen LogP) is 1.80. The van der Waals surface area contributed by atoms with E-state index in [4.69, 9.17) is 9.84 Å². The molecule has 0 aliphatic rings. The van der Waals surface area contributed by atoms with Crippen LogP contribution in [0.3, 0.4) is 0 Å². The third-order valence-electron chi connectivity index (χ3n) is 2.24. The molecule has 0 aromatic heterocycles. The van der Waals surface area contributed by atoms with Gasteiger partial charge in [0.2, 0.25) is 0 Å². The lowest BCUT2D eigenvalue weighted by Gasteiger charge is -2.03. The average Bonchev–Trinajstić information content (AvgIpc) is 2.25. The summed E-state index contributed by atoms with van der Waals surface area (Å²) in [4.78, 5) is 0. The molecule has 0 heterocycles. The zero-order valence-electron chi connectivity index (χ0n) is 8.70. The van der Waals surface area contributed by atoms with Crippen LogP contribution in [0.2, 0.25) is 0 Å². The molecule has 0 spiro atoms. The zero-order valence-corrected chi connectivity index (χ0v) is 8.70. The lowest BCUT2D eigenvalue weighted by Crippen LogP contribution is -1.95. The van der Waals surface area contributed by atoms with E-state index in [1.807, 2.05) is 0 Å². The Morgan fingerprint density at radius 2 is 1.64 bits per heavy atom. The molecule has 1 aromatic rings. The van der Waals surface area contributed by atoms with Crippen LogP contribution in [0.25, 0.3) is 0 Å². The highest BCUT2D eigenvalue weighted by atomic mass is 16.5. The Hall–Kier alpha value is -0.860. The van der Waals surface area contributed by atoms with Gasteiger partial charge < -0.3 is 9.84 Å². The average molecular weight is 194 g/mol. The molecule has 2 nitrogen and oxygen atoms in total. The molecule has 1 N–H and O–H groups in total. The molecule has 0 aliphatic carbocycles. The van der Waals surface area contributed by atoms with Crippen LogP contribution in [0.1, 0.15) is 17.5 Å². The van der Waals surface area contributed by atoms with E-state index in [-0.39, 0.29) is 6.61 Å². The van der Waals surface area contributed by atoms with Gasteiger partial charge in [-0.05, 0) is 30.4 Å². The van der Waals surface area contributed by atoms with E-state index in [1.165, 1.54) is 11.1 Å². The number of aliphatic hydroxyl groups is 1. The Kier molecular flexibility index (Phi) is 5.27. The first-order chi connectivity index (χ1) is 6.86. The SMILES string of the molecule is COCCc1ccc(CCCO)cc1. The van der Waals surface area contributed by atoms with Crippen molar-refractivity contribution >= 4 is 0 Å². The minimum Gasteiger partial charge on any atom is -0.396 e. The molecule has 0 saturated heterocycles. The van der Waals surface area contributed by atoms with Crippen LogP contribution in [-0.4, -0.2) is 25.4 Å². The minimum atomic E-state index is 0.269. The largest absolute Gasteiger partial charge is 0.396 e. The Morgan fingerprint density at radius 3 is 2.14 bits per heavy atom. The third-order valence-corrected chi connectivity index (χ3v) is 2.24. The minimum absolute atomic E-state index is 0.269. The van der Waals surface area contributed by atoms with E-state index < -0.39 is 0 Å². The molecule has 2 heteroatoms. The second-order valence-corrected chi connectivity index (χ2v) is 3.39. The van der Waals surface area contributed by atoms with Crippen LogP contribution in [-0.2, 0) is 17.6 Å². The van der Waals surface area contributed by atoms with E-state index in [0.717, 1.165) is 25.9 Å². The van der Waals surface area contributed by atoms with Gasteiger partial charge in [-0.2, -0.15) is 0 Å². The van der Waals surface area contributed by atoms with Crippen molar-refractivity contribution in [1.82, 2.24) is 0 Å². The van der Waals surface area contributed by atoms with Gasteiger partial charge >= 0.3 is 0 Å². The van der Waals surface area contributed by atoms with Gasteiger partial charge in [-0.25, -0.2) is 0 Å². The summed E-state index contributed by atoms with van der Waals surface area (Å²) in [5, 5.41) is 8.68. The fraction of sp³-hybridized carbons (Fsp3) is 0.500. The molecular weight excluding hydrogens is 176 g/mol. The molecule has 0 amide bonds. The van der Waals surface area contributed by atoms with Crippen molar-refractivity contribution < 1.29 is 9.84 Å². The smallest absolute Gasteiger partial charge is 0.0502 e. The van der Waals surface area contributed by atoms with E-state index in [2.05, 4.69) is 24.3 Å². The summed E-state index contributed by atoms with van der Waals surface area (Å²) in [5.41, 5.74) is 2.60. The van der Waals surface area contributed by atoms with Crippen molar-refractivity contribution in [2.45, 2.75) is 19.3 Å². The molecule has 0 unspecified atom stereocenters. The molecule has 1 rings (SSSR count). The van der Waals surface area contributed by atoms with Crippen molar-refractivity contribution in [3.05, 3.63) is 35.4 Å². The molecule has 0 aliphatic heterocycles. The van der Waals surface area contributed by atoms with Crippen LogP contribution in [0.4, 0.5) is 0 Å². The van der Waals surface area contributed by atoms with Gasteiger partial charge in [0.15, 0.2) is 0 Å². The second kappa shape index (κ2) is 6.57. The number of hydrogen-bond donors (Lipinski definition) is 1. The van der Waals surface area contributed by atoms with Crippen LogP contribution < -0.4 is 0 Å². The van der Waals surface area contributed by atoms with E-state index >= 15 is 0 Å². The van der Waals surface area contributed by atoms with Gasteiger partial charge in [0, 0.05) is 13.7 Å². The standard InChI is InChI=1S/C12H18O2/c1-14-10-8-12-6-4-11(5-7-12)3-2-9-13/h4-7,13H,2-3,8-10H2,1H3. The quantitative estimate of drug-likeness (QED) is 0.748. The molecular formula is C12H18O2. The van der Waals surface area contributed by atoms with Gasteiger partial charge in [0.05, 0.1) is 6.61 Å². The maximum absolute atomic E-state index is 8.68. The highest BCUT2D eigenvalue weighted by molar-refractivity contribution is 5.22. The number of aliphatic hydroxyl groups excluding tert-OH is 1. The first kappa shape index (κ1) is 11.2. The fourth-order valence-electron chi connectivity index (χ4n) is 1.38. The number of aryl methyl sites for hydroxylation is 1. The van der Waals surface area contributed by atoms with E-state index in [1.54, 1.807) is 7.11 Å². The summed E-state index contributed by atoms with van der Waals surface area (Å²) in [6.07, 6.45) is 2.77. The highest BCUT2D eigenvalue weighted by Crippen LogP contribution is 2.07. The summed E-state index contributed by atoms with van der Waals surface area (Å²) in [6, 6.07) is 8.51. The molecule has 1 aromatic carbocycles. The Labute approximate surface area is 85.5 Å². The lowest BCUT2D eigenvalue weighted by atomic mass is 10.1. The van der Waals surface area contributed by atoms with Crippen molar-refractivity contribution in [1.29, 1.82) is 0 Å². The number of ether oxygens (including phenoxy) is 1. The van der Waals surface area contributed by atoms with Crippen molar-refractivity contribution in [3.63, 3.8) is 0 Å². The number of methoxy groups -OCH3 is 1. The van der Waals surface area contributed by atoms with Crippen LogP contribution in [0.15, 0.2) is 24.3 Å². The summed E-state index contributed by atoms with van der Waals surface area (Å²) >= 11 is 0. The summed E-state index contributed by atoms with van der Waals surface area (Å²) in [6.45, 7) is 1.04. The number of hydrogen-bond acceptors (Lipinski definition) is 2. The maximum Gasteiger partial charge on any atom is 0.0502 e. The summed E-state index contributed by atoms with van der Waals surface area (Å²) in [7, 11) is 1.72. The maximum atomic E-state index is 8.68. The number of benzene rings is 1. The summed E-state index contributed by atoms with van der Waals surface area (Å²) in [5.74, 6) is 0. The molecule has 0 fully saturated rings. The highest BCUT2D eigenvalue weighted by Gasteiger charge is 1.94. The fourth-order valence-corrected chi connectivity index (χ4v) is 1.38. The second-order valence-electron chi connectivity index (χ2n) is 3.39. The van der Waals surface area contributed by atoms with Gasteiger partial charge in [0.1, 0.15) is 0 Å². The van der Waals surface area contributed by atoms with Gasteiger partial charge in [-0.3, -0.25) is 0 Å². The topological polar surface area (TPSA) is 29.5 Å². The van der Waals surface area contributed by atoms with Gasteiger partial charge in [-0.1, -0.05) is 24.3 Å². The molecule has 0 radical (unpaired) electrons. The molecule has 0 atom stereocenters. The van der Waals surface area contributed by atoms with E-state index in [0.29, 0.717) is 0 Å². The first-order valence-electron chi connectivity index (χ1n) is 5.04. The number of rotatable bonds is 6.